The van der Waals surface area contributed by atoms with Gasteiger partial charge in [-0.25, -0.2) is 0 Å². The van der Waals surface area contributed by atoms with Crippen molar-refractivity contribution in [2.45, 2.75) is 45.3 Å². The number of ketones is 1. The zero-order valence-corrected chi connectivity index (χ0v) is 12.5. The van der Waals surface area contributed by atoms with E-state index in [2.05, 4.69) is 13.8 Å². The summed E-state index contributed by atoms with van der Waals surface area (Å²) in [5.74, 6) is 1.22. The molecule has 0 aromatic heterocycles. The fourth-order valence-electron chi connectivity index (χ4n) is 2.26. The first kappa shape index (κ1) is 14.4. The summed E-state index contributed by atoms with van der Waals surface area (Å²) in [5.41, 5.74) is 2.03. The van der Waals surface area contributed by atoms with E-state index in [1.165, 1.54) is 7.11 Å². The molecule has 19 heavy (non-hydrogen) atoms. The molecule has 104 valence electrons. The van der Waals surface area contributed by atoms with Crippen molar-refractivity contribution in [3.63, 3.8) is 0 Å². The van der Waals surface area contributed by atoms with Crippen LogP contribution < -0.4 is 4.74 Å². The van der Waals surface area contributed by atoms with Crippen LogP contribution in [0.4, 0.5) is 0 Å². The van der Waals surface area contributed by atoms with Crippen molar-refractivity contribution in [3.05, 3.63) is 28.3 Å². The van der Waals surface area contributed by atoms with E-state index in [9.17, 15) is 4.79 Å². The number of benzene rings is 1. The van der Waals surface area contributed by atoms with E-state index >= 15 is 0 Å². The number of methoxy groups -OCH3 is 1. The van der Waals surface area contributed by atoms with Crippen LogP contribution in [0.5, 0.6) is 5.75 Å². The van der Waals surface area contributed by atoms with Crippen LogP contribution in [0.25, 0.3) is 0 Å². The predicted molar refractivity (Wildman–Crippen MR) is 75.1 cm³/mol. The first-order valence-electron chi connectivity index (χ1n) is 6.46. The van der Waals surface area contributed by atoms with Crippen LogP contribution >= 0.6 is 11.6 Å². The van der Waals surface area contributed by atoms with Gasteiger partial charge in [0.15, 0.2) is 11.9 Å². The topological polar surface area (TPSA) is 35.5 Å². The highest BCUT2D eigenvalue weighted by Gasteiger charge is 2.42. The van der Waals surface area contributed by atoms with Crippen LogP contribution in [-0.2, 0) is 9.53 Å². The molecule has 1 aromatic carbocycles. The lowest BCUT2D eigenvalue weighted by Gasteiger charge is -2.34. The Labute approximate surface area is 118 Å². The third-order valence-electron chi connectivity index (χ3n) is 3.51. The van der Waals surface area contributed by atoms with Gasteiger partial charge >= 0.3 is 0 Å². The highest BCUT2D eigenvalue weighted by Crippen LogP contribution is 2.34. The maximum absolute atomic E-state index is 11.4. The molecule has 1 aliphatic carbocycles. The second kappa shape index (κ2) is 5.51. The van der Waals surface area contributed by atoms with E-state index in [1.54, 1.807) is 0 Å². The molecular formula is C15H19ClO3. The Morgan fingerprint density at radius 2 is 2.05 bits per heavy atom. The minimum atomic E-state index is -0.433. The second-order valence-corrected chi connectivity index (χ2v) is 5.68. The molecule has 1 fully saturated rings. The van der Waals surface area contributed by atoms with Crippen molar-refractivity contribution in [3.8, 4) is 5.75 Å². The minimum Gasteiger partial charge on any atom is -0.486 e. The number of rotatable bonds is 4. The van der Waals surface area contributed by atoms with Crippen LogP contribution in [0.1, 0.15) is 37.3 Å². The zero-order chi connectivity index (χ0) is 14.2. The Morgan fingerprint density at radius 1 is 1.37 bits per heavy atom. The average Bonchev–Trinajstić information content (AvgIpc) is 2.31. The van der Waals surface area contributed by atoms with Gasteiger partial charge in [-0.15, -0.1) is 0 Å². The van der Waals surface area contributed by atoms with Crippen LogP contribution in [0.2, 0.25) is 5.02 Å². The summed E-state index contributed by atoms with van der Waals surface area (Å²) in [6.45, 7) is 6.13. The second-order valence-electron chi connectivity index (χ2n) is 5.28. The Kier molecular flexibility index (Phi) is 4.16. The van der Waals surface area contributed by atoms with E-state index < -0.39 is 6.10 Å². The molecular weight excluding hydrogens is 264 g/mol. The van der Waals surface area contributed by atoms with E-state index in [-0.39, 0.29) is 11.9 Å². The van der Waals surface area contributed by atoms with Gasteiger partial charge in [0.2, 0.25) is 0 Å². The summed E-state index contributed by atoms with van der Waals surface area (Å²) in [7, 11) is 1.53. The quantitative estimate of drug-likeness (QED) is 0.848. The highest BCUT2D eigenvalue weighted by atomic mass is 35.5. The molecule has 1 aliphatic rings. The van der Waals surface area contributed by atoms with Gasteiger partial charge in [-0.05, 0) is 36.1 Å². The first-order valence-corrected chi connectivity index (χ1v) is 6.84. The Bertz CT molecular complexity index is 496. The molecule has 2 rings (SSSR count). The molecule has 0 aliphatic heterocycles. The van der Waals surface area contributed by atoms with E-state index in [1.807, 2.05) is 19.1 Å². The van der Waals surface area contributed by atoms with Crippen molar-refractivity contribution < 1.29 is 14.3 Å². The SMILES string of the molecule is COC1C(=O)CC1Oc1cc(C(C)C)c(Cl)cc1C. The van der Waals surface area contributed by atoms with Crippen LogP contribution in [0.15, 0.2) is 12.1 Å². The number of Topliss-reactive ketones (excluding diaryl/α,β-unsaturated/α-hetero) is 1. The summed E-state index contributed by atoms with van der Waals surface area (Å²) in [5, 5.41) is 0.757. The maximum Gasteiger partial charge on any atom is 0.169 e. The Hall–Kier alpha value is -1.06. The smallest absolute Gasteiger partial charge is 0.169 e. The number of aryl methyl sites for hydroxylation is 1. The summed E-state index contributed by atoms with van der Waals surface area (Å²) < 4.78 is 11.0. The van der Waals surface area contributed by atoms with Crippen molar-refractivity contribution in [1.29, 1.82) is 0 Å². The number of carbonyl (C=O) groups is 1. The molecule has 1 saturated carbocycles. The number of ether oxygens (including phenoxy) is 2. The highest BCUT2D eigenvalue weighted by molar-refractivity contribution is 6.31. The van der Waals surface area contributed by atoms with Crippen molar-refractivity contribution >= 4 is 17.4 Å². The molecule has 1 aromatic rings. The van der Waals surface area contributed by atoms with Gasteiger partial charge in [0.25, 0.3) is 0 Å². The molecule has 0 bridgehead atoms. The van der Waals surface area contributed by atoms with Gasteiger partial charge in [0.05, 0.1) is 0 Å². The summed E-state index contributed by atoms with van der Waals surface area (Å²) >= 11 is 6.23. The third kappa shape index (κ3) is 2.77. The standard InChI is InChI=1S/C15H19ClO3/c1-8(2)10-6-13(9(3)5-11(10)16)19-14-7-12(17)15(14)18-4/h5-6,8,14-15H,7H2,1-4H3. The number of halogens is 1. The van der Waals surface area contributed by atoms with Crippen LogP contribution in [0.3, 0.4) is 0 Å². The summed E-state index contributed by atoms with van der Waals surface area (Å²) in [4.78, 5) is 11.4. The lowest BCUT2D eigenvalue weighted by atomic mass is 9.90. The van der Waals surface area contributed by atoms with Crippen LogP contribution in [-0.4, -0.2) is 25.1 Å². The van der Waals surface area contributed by atoms with Crippen molar-refractivity contribution in [2.24, 2.45) is 0 Å². The predicted octanol–water partition coefficient (Wildman–Crippen LogP) is 3.51. The lowest BCUT2D eigenvalue weighted by molar-refractivity contribution is -0.151. The molecule has 0 amide bonds. The first-order chi connectivity index (χ1) is 8.93. The monoisotopic (exact) mass is 282 g/mol. The average molecular weight is 283 g/mol. The minimum absolute atomic E-state index is 0.100. The fraction of sp³-hybridized carbons (Fsp3) is 0.533. The van der Waals surface area contributed by atoms with E-state index in [0.717, 1.165) is 21.9 Å². The Morgan fingerprint density at radius 3 is 2.58 bits per heavy atom. The maximum atomic E-state index is 11.4. The fourth-order valence-corrected chi connectivity index (χ4v) is 2.69. The molecule has 0 spiro atoms. The van der Waals surface area contributed by atoms with Gasteiger partial charge in [0, 0.05) is 18.6 Å². The van der Waals surface area contributed by atoms with E-state index in [0.29, 0.717) is 12.3 Å². The van der Waals surface area contributed by atoms with Crippen LogP contribution in [0, 0.1) is 6.92 Å². The largest absolute Gasteiger partial charge is 0.486 e. The normalized spacial score (nSPS) is 22.5. The lowest BCUT2D eigenvalue weighted by Crippen LogP contribution is -2.51. The molecule has 0 saturated heterocycles. The van der Waals surface area contributed by atoms with Crippen molar-refractivity contribution in [1.82, 2.24) is 0 Å². The van der Waals surface area contributed by atoms with Gasteiger partial charge in [-0.2, -0.15) is 0 Å². The zero-order valence-electron chi connectivity index (χ0n) is 11.7. The van der Waals surface area contributed by atoms with Gasteiger partial charge in [-0.3, -0.25) is 4.79 Å². The van der Waals surface area contributed by atoms with Gasteiger partial charge < -0.3 is 9.47 Å². The van der Waals surface area contributed by atoms with Gasteiger partial charge in [-0.1, -0.05) is 25.4 Å². The van der Waals surface area contributed by atoms with Crippen molar-refractivity contribution in [2.75, 3.05) is 7.11 Å². The Balaban J connectivity index is 2.21. The molecule has 0 N–H and O–H groups in total. The molecule has 0 heterocycles. The number of hydrogen-bond acceptors (Lipinski definition) is 3. The molecule has 2 atom stereocenters. The molecule has 0 radical (unpaired) electrons. The molecule has 3 nitrogen and oxygen atoms in total. The third-order valence-corrected chi connectivity index (χ3v) is 3.83. The summed E-state index contributed by atoms with van der Waals surface area (Å²) in [6, 6.07) is 3.88. The van der Waals surface area contributed by atoms with Gasteiger partial charge in [0.1, 0.15) is 11.9 Å². The molecule has 2 unspecified atom stereocenters. The number of carbonyl (C=O) groups excluding carboxylic acids is 1. The number of hydrogen-bond donors (Lipinski definition) is 0. The summed E-state index contributed by atoms with van der Waals surface area (Å²) in [6.07, 6.45) is -0.202. The molecule has 4 heteroatoms. The van der Waals surface area contributed by atoms with E-state index in [4.69, 9.17) is 21.1 Å².